The third-order valence-electron chi connectivity index (χ3n) is 7.18. The Kier molecular flexibility index (Phi) is 6.56. The minimum atomic E-state index is -3.31. The van der Waals surface area contributed by atoms with Crippen molar-refractivity contribution < 1.29 is 30.5 Å². The molecule has 5 rings (SSSR count). The molecule has 1 aromatic carbocycles. The second kappa shape index (κ2) is 10.4. The number of benzene rings is 1. The van der Waals surface area contributed by atoms with Crippen LogP contribution in [-0.4, -0.2) is 84.1 Å². The number of aromatic nitrogens is 1. The third-order valence-corrected chi connectivity index (χ3v) is 7.18. The van der Waals surface area contributed by atoms with Crippen molar-refractivity contribution in [2.75, 3.05) is 51.5 Å². The van der Waals surface area contributed by atoms with Crippen LogP contribution in [0.4, 0.5) is 18.9 Å². The van der Waals surface area contributed by atoms with Crippen molar-refractivity contribution in [3.63, 3.8) is 0 Å². The van der Waals surface area contributed by atoms with Crippen LogP contribution in [-0.2, 0) is 6.42 Å². The lowest BCUT2D eigenvalue weighted by Gasteiger charge is -2.43. The highest BCUT2D eigenvalue weighted by Gasteiger charge is 2.41. The third kappa shape index (κ3) is 5.26. The number of rotatable bonds is 9. The van der Waals surface area contributed by atoms with E-state index in [2.05, 4.69) is 15.2 Å². The maximum absolute atomic E-state index is 14.5. The van der Waals surface area contributed by atoms with Gasteiger partial charge in [0.2, 0.25) is 6.75 Å². The fourth-order valence-corrected chi connectivity index (χ4v) is 5.41. The summed E-state index contributed by atoms with van der Waals surface area (Å²) >= 11 is 0. The van der Waals surface area contributed by atoms with E-state index in [1.54, 1.807) is 29.3 Å². The quantitative estimate of drug-likeness (QED) is 0.536. The van der Waals surface area contributed by atoms with E-state index in [0.29, 0.717) is 24.1 Å². The first kappa shape index (κ1) is 22.6. The van der Waals surface area contributed by atoms with Crippen molar-refractivity contribution in [3.05, 3.63) is 47.3 Å². The fourth-order valence-electron chi connectivity index (χ4n) is 5.41. The smallest absolute Gasteiger partial charge is 0.283 e. The van der Waals surface area contributed by atoms with Gasteiger partial charge in [0.05, 0.1) is 36.8 Å². The average Bonchev–Trinajstić information content (AvgIpc) is 3.44. The summed E-state index contributed by atoms with van der Waals surface area (Å²) in [6.45, 7) is -0.248. The van der Waals surface area contributed by atoms with Gasteiger partial charge >= 0.3 is 0 Å². The second-order valence-corrected chi connectivity index (χ2v) is 9.87. The Morgan fingerprint density at radius 3 is 2.81 bits per heavy atom. The van der Waals surface area contributed by atoms with Gasteiger partial charge in [0.15, 0.2) is 11.5 Å². The largest absolute Gasteiger partial charge is 0.454 e. The van der Waals surface area contributed by atoms with Crippen LogP contribution in [0.2, 0.25) is 0 Å². The number of alkyl halides is 3. The van der Waals surface area contributed by atoms with E-state index in [0.717, 1.165) is 37.3 Å². The number of nitrogens with zero attached hydrogens (tertiary/aromatic N) is 3. The topological polar surface area (TPSA) is 70.1 Å². The zero-order valence-electron chi connectivity index (χ0n) is 22.2. The summed E-state index contributed by atoms with van der Waals surface area (Å²) in [4.78, 5) is 8.51. The molecule has 2 aromatic rings. The summed E-state index contributed by atoms with van der Waals surface area (Å²) in [6.07, 6.45) is 3.59. The highest BCUT2D eigenvalue weighted by Crippen LogP contribution is 2.44. The Balaban J connectivity index is 1.42. The number of anilines is 1. The predicted octanol–water partition coefficient (Wildman–Crippen LogP) is 3.62. The number of hydrogen-bond donors (Lipinski definition) is 2. The van der Waals surface area contributed by atoms with Gasteiger partial charge in [0.1, 0.15) is 9.35 Å². The zero-order chi connectivity index (χ0) is 27.1. The molecule has 0 radical (unpaired) electrons. The summed E-state index contributed by atoms with van der Waals surface area (Å²) in [5, 5.41) is 12.7. The molecule has 3 aliphatic rings. The van der Waals surface area contributed by atoms with E-state index in [1.165, 1.54) is 0 Å². The van der Waals surface area contributed by atoms with E-state index in [1.807, 2.05) is 13.0 Å². The summed E-state index contributed by atoms with van der Waals surface area (Å²) < 4.78 is 67.6. The van der Waals surface area contributed by atoms with Gasteiger partial charge in [0.25, 0.3) is 5.92 Å². The zero-order valence-corrected chi connectivity index (χ0v) is 20.2. The van der Waals surface area contributed by atoms with E-state index in [-0.39, 0.29) is 30.3 Å². The van der Waals surface area contributed by atoms with E-state index >= 15 is 0 Å². The van der Waals surface area contributed by atoms with Gasteiger partial charge in [-0.1, -0.05) is 0 Å². The lowest BCUT2D eigenvalue weighted by atomic mass is 9.86. The molecular formula is C26H33F3N4O3. The van der Waals surface area contributed by atoms with Crippen molar-refractivity contribution >= 4 is 5.69 Å². The van der Waals surface area contributed by atoms with Crippen molar-refractivity contribution in [1.29, 1.82) is 0 Å². The Bertz CT molecular complexity index is 1140. The van der Waals surface area contributed by atoms with Gasteiger partial charge in [-0.15, -0.1) is 0 Å². The van der Waals surface area contributed by atoms with Crippen LogP contribution in [0.15, 0.2) is 30.5 Å². The van der Waals surface area contributed by atoms with Crippen molar-refractivity contribution in [2.24, 2.45) is 0 Å². The molecule has 0 bridgehead atoms. The van der Waals surface area contributed by atoms with Crippen molar-refractivity contribution in [3.8, 4) is 11.5 Å². The molecule has 0 aliphatic carbocycles. The number of aliphatic hydroxyl groups excluding tert-OH is 1. The molecule has 1 fully saturated rings. The highest BCUT2D eigenvalue weighted by molar-refractivity contribution is 5.53. The number of nitrogens with one attached hydrogen (secondary N) is 1. The fraction of sp³-hybridized carbons (Fsp3) is 0.577. The molecule has 2 N–H and O–H groups in total. The minimum absolute atomic E-state index is 0.207. The minimum Gasteiger partial charge on any atom is -0.454 e. The summed E-state index contributed by atoms with van der Waals surface area (Å²) in [6, 6.07) is 6.28. The summed E-state index contributed by atoms with van der Waals surface area (Å²) in [5.74, 6) is -2.83. The first-order chi connectivity index (χ1) is 18.1. The monoisotopic (exact) mass is 508 g/mol. The summed E-state index contributed by atoms with van der Waals surface area (Å²) in [7, 11) is 0. The molecule has 7 nitrogen and oxygen atoms in total. The molecule has 10 heteroatoms. The lowest BCUT2D eigenvalue weighted by Crippen LogP contribution is -2.49. The van der Waals surface area contributed by atoms with E-state index in [4.69, 9.17) is 12.2 Å². The molecule has 36 heavy (non-hydrogen) atoms. The molecule has 4 heterocycles. The molecule has 196 valence electrons. The maximum Gasteiger partial charge on any atom is 0.283 e. The molecule has 1 aromatic heterocycles. The average molecular weight is 509 g/mol. The molecule has 3 aliphatic heterocycles. The van der Waals surface area contributed by atoms with Crippen LogP contribution < -0.4 is 14.8 Å². The first-order valence-electron chi connectivity index (χ1n) is 13.4. The first-order valence-corrected chi connectivity index (χ1v) is 12.4. The lowest BCUT2D eigenvalue weighted by molar-refractivity contribution is -0.0865. The van der Waals surface area contributed by atoms with Gasteiger partial charge in [0, 0.05) is 31.7 Å². The molecule has 0 amide bonds. The normalized spacial score (nSPS) is 26.4. The second-order valence-electron chi connectivity index (χ2n) is 9.87. The Labute approximate surface area is 212 Å². The number of aliphatic hydroxyl groups is 1. The molecule has 3 atom stereocenters. The molecule has 1 saturated heterocycles. The van der Waals surface area contributed by atoms with Crippen molar-refractivity contribution in [1.82, 2.24) is 14.8 Å². The van der Waals surface area contributed by atoms with Crippen LogP contribution in [0.3, 0.4) is 0 Å². The standard InChI is InChI=1S/C26H33F3N4O3/c1-17-9-18-10-23-24(36-16-35-23)11-21(18)25(33(17)14-26(28,29)15-34)22-4-3-19(12-30-22)31-20-5-8-32(13-20)7-2-6-27/h3-4,10-12,17,20,25,31,34H,2,5-9,13-16H2,1H3/t17-,20+,25+/m1/s1/i16D2. The highest BCUT2D eigenvalue weighted by atomic mass is 19.3. The molecule has 0 spiro atoms. The number of pyridine rings is 1. The van der Waals surface area contributed by atoms with Crippen LogP contribution in [0.25, 0.3) is 0 Å². The maximum atomic E-state index is 14.5. The molecular weight excluding hydrogens is 473 g/mol. The van der Waals surface area contributed by atoms with Gasteiger partial charge in [-0.25, -0.2) is 8.78 Å². The van der Waals surface area contributed by atoms with Crippen LogP contribution in [0.5, 0.6) is 11.5 Å². The SMILES string of the molecule is [2H]C1([2H])Oc2cc3c(cc2O1)[C@@H](c1ccc(N[C@H]2CCN(CCCF)C2)cn1)N(CC(F)(F)CO)[C@H](C)C3. The number of likely N-dealkylation sites (tertiary alicyclic amines) is 1. The Morgan fingerprint density at radius 2 is 2.08 bits per heavy atom. The molecule has 0 unspecified atom stereocenters. The van der Waals surface area contributed by atoms with Gasteiger partial charge < -0.3 is 24.8 Å². The molecule has 0 saturated carbocycles. The number of halogens is 3. The number of fused-ring (bicyclic) bond motifs is 2. The van der Waals surface area contributed by atoms with Crippen LogP contribution in [0.1, 0.15) is 45.4 Å². The van der Waals surface area contributed by atoms with E-state index < -0.39 is 31.9 Å². The Hall–Kier alpha value is -2.56. The Morgan fingerprint density at radius 1 is 1.28 bits per heavy atom. The van der Waals surface area contributed by atoms with Crippen LogP contribution in [0, 0.1) is 0 Å². The van der Waals surface area contributed by atoms with Gasteiger partial charge in [-0.2, -0.15) is 0 Å². The van der Waals surface area contributed by atoms with Crippen LogP contribution >= 0.6 is 0 Å². The van der Waals surface area contributed by atoms with Crippen molar-refractivity contribution in [2.45, 2.75) is 50.2 Å². The van der Waals surface area contributed by atoms with Gasteiger partial charge in [-0.05, 0) is 61.6 Å². The predicted molar refractivity (Wildman–Crippen MR) is 130 cm³/mol. The van der Waals surface area contributed by atoms with E-state index in [9.17, 15) is 18.3 Å². The summed E-state index contributed by atoms with van der Waals surface area (Å²) in [5.41, 5.74) is 2.88. The number of hydrogen-bond acceptors (Lipinski definition) is 7. The number of ether oxygens (including phenoxy) is 2. The van der Waals surface area contributed by atoms with Gasteiger partial charge in [-0.3, -0.25) is 14.3 Å².